The molecule has 0 radical (unpaired) electrons. The molecule has 0 N–H and O–H groups in total. The molecule has 1 aliphatic rings. The summed E-state index contributed by atoms with van der Waals surface area (Å²) in [4.78, 5) is 20.9. The van der Waals surface area contributed by atoms with Crippen molar-refractivity contribution in [1.29, 1.82) is 0 Å². The zero-order valence-electron chi connectivity index (χ0n) is 6.01. The standard InChI is InChI=1S/C8H12O2/c9-5-4-7-2-1-3-8(10)6-7/h5,7H,1-4,6H2/t7-/m1/s1. The molecular weight excluding hydrogens is 128 g/mol. The van der Waals surface area contributed by atoms with E-state index in [0.717, 1.165) is 25.5 Å². The molecule has 10 heavy (non-hydrogen) atoms. The summed E-state index contributed by atoms with van der Waals surface area (Å²) < 4.78 is 0. The predicted molar refractivity (Wildman–Crippen MR) is 37.6 cm³/mol. The Bertz CT molecular complexity index is 140. The molecule has 1 saturated carbocycles. The van der Waals surface area contributed by atoms with E-state index >= 15 is 0 Å². The van der Waals surface area contributed by atoms with Crippen LogP contribution in [0, 0.1) is 5.92 Å². The average molecular weight is 140 g/mol. The van der Waals surface area contributed by atoms with E-state index < -0.39 is 0 Å². The summed E-state index contributed by atoms with van der Waals surface area (Å²) in [5, 5.41) is 0. The highest BCUT2D eigenvalue weighted by Crippen LogP contribution is 2.22. The molecule has 1 fully saturated rings. The molecular formula is C8H12O2. The molecule has 56 valence electrons. The summed E-state index contributed by atoms with van der Waals surface area (Å²) in [5.41, 5.74) is 0. The molecule has 1 rings (SSSR count). The van der Waals surface area contributed by atoms with Gasteiger partial charge in [-0.3, -0.25) is 4.79 Å². The molecule has 0 aromatic rings. The second-order valence-corrected chi connectivity index (χ2v) is 2.90. The molecule has 2 nitrogen and oxygen atoms in total. The maximum Gasteiger partial charge on any atom is 0.133 e. The van der Waals surface area contributed by atoms with Crippen LogP contribution in [0.5, 0.6) is 0 Å². The van der Waals surface area contributed by atoms with Crippen LogP contribution in [0.3, 0.4) is 0 Å². The summed E-state index contributed by atoms with van der Waals surface area (Å²) >= 11 is 0. The van der Waals surface area contributed by atoms with Gasteiger partial charge < -0.3 is 4.79 Å². The fraction of sp³-hybridized carbons (Fsp3) is 0.750. The zero-order chi connectivity index (χ0) is 7.40. The lowest BCUT2D eigenvalue weighted by molar-refractivity contribution is -0.121. The number of carbonyl (C=O) groups is 2. The van der Waals surface area contributed by atoms with Crippen molar-refractivity contribution in [2.24, 2.45) is 5.92 Å². The van der Waals surface area contributed by atoms with Crippen LogP contribution < -0.4 is 0 Å². The van der Waals surface area contributed by atoms with E-state index in [9.17, 15) is 9.59 Å². The van der Waals surface area contributed by atoms with Crippen LogP contribution in [0.1, 0.15) is 32.1 Å². The molecule has 0 aliphatic heterocycles. The Labute approximate surface area is 60.6 Å². The van der Waals surface area contributed by atoms with E-state index in [1.54, 1.807) is 0 Å². The number of Topliss-reactive ketones (excluding diaryl/α,β-unsaturated/α-hetero) is 1. The van der Waals surface area contributed by atoms with Gasteiger partial charge >= 0.3 is 0 Å². The van der Waals surface area contributed by atoms with Gasteiger partial charge in [-0.15, -0.1) is 0 Å². The molecule has 0 spiro atoms. The predicted octanol–water partition coefficient (Wildman–Crippen LogP) is 1.33. The van der Waals surface area contributed by atoms with Crippen LogP contribution in [0.4, 0.5) is 0 Å². The monoisotopic (exact) mass is 140 g/mol. The van der Waals surface area contributed by atoms with E-state index in [-0.39, 0.29) is 0 Å². The van der Waals surface area contributed by atoms with Gasteiger partial charge in [0.05, 0.1) is 0 Å². The molecule has 1 aliphatic carbocycles. The fourth-order valence-corrected chi connectivity index (χ4v) is 1.45. The van der Waals surface area contributed by atoms with Crippen LogP contribution in [0.2, 0.25) is 0 Å². The van der Waals surface area contributed by atoms with Crippen LogP contribution in [-0.2, 0) is 9.59 Å². The van der Waals surface area contributed by atoms with Crippen molar-refractivity contribution in [3.8, 4) is 0 Å². The van der Waals surface area contributed by atoms with Gasteiger partial charge in [0.15, 0.2) is 0 Å². The molecule has 2 heteroatoms. The first-order chi connectivity index (χ1) is 4.83. The molecule has 0 aromatic heterocycles. The van der Waals surface area contributed by atoms with Gasteiger partial charge in [-0.05, 0) is 18.8 Å². The van der Waals surface area contributed by atoms with E-state index in [2.05, 4.69) is 0 Å². The third-order valence-electron chi connectivity index (χ3n) is 2.01. The summed E-state index contributed by atoms with van der Waals surface area (Å²) in [6.45, 7) is 0. The molecule has 0 amide bonds. The Morgan fingerprint density at radius 2 is 2.40 bits per heavy atom. The molecule has 1 atom stereocenters. The third kappa shape index (κ3) is 1.94. The lowest BCUT2D eigenvalue weighted by Gasteiger charge is -2.17. The van der Waals surface area contributed by atoms with Gasteiger partial charge in [0, 0.05) is 19.3 Å². The third-order valence-corrected chi connectivity index (χ3v) is 2.01. The van der Waals surface area contributed by atoms with Crippen molar-refractivity contribution < 1.29 is 9.59 Å². The van der Waals surface area contributed by atoms with Crippen LogP contribution in [-0.4, -0.2) is 12.1 Å². The highest BCUT2D eigenvalue weighted by molar-refractivity contribution is 5.79. The first-order valence-electron chi connectivity index (χ1n) is 3.78. The Balaban J connectivity index is 2.31. The minimum absolute atomic E-state index is 0.332. The van der Waals surface area contributed by atoms with Gasteiger partial charge in [0.25, 0.3) is 0 Å². The normalized spacial score (nSPS) is 26.4. The lowest BCUT2D eigenvalue weighted by atomic mass is 9.87. The number of carbonyl (C=O) groups excluding carboxylic acids is 2. The zero-order valence-corrected chi connectivity index (χ0v) is 6.01. The second kappa shape index (κ2) is 3.49. The maximum atomic E-state index is 10.8. The molecule has 0 heterocycles. The number of aldehydes is 1. The summed E-state index contributed by atoms with van der Waals surface area (Å²) in [6.07, 6.45) is 4.91. The molecule has 0 bridgehead atoms. The summed E-state index contributed by atoms with van der Waals surface area (Å²) in [5.74, 6) is 0.692. The second-order valence-electron chi connectivity index (χ2n) is 2.90. The largest absolute Gasteiger partial charge is 0.303 e. The lowest BCUT2D eigenvalue weighted by Crippen LogP contribution is -2.14. The molecule has 0 saturated heterocycles. The van der Waals surface area contributed by atoms with Crippen LogP contribution in [0.25, 0.3) is 0 Å². The minimum atomic E-state index is 0.332. The fourth-order valence-electron chi connectivity index (χ4n) is 1.45. The van der Waals surface area contributed by atoms with Crippen LogP contribution in [0.15, 0.2) is 0 Å². The number of hydrogen-bond acceptors (Lipinski definition) is 2. The van der Waals surface area contributed by atoms with E-state index in [1.807, 2.05) is 0 Å². The van der Waals surface area contributed by atoms with Gasteiger partial charge in [-0.25, -0.2) is 0 Å². The molecule has 0 unspecified atom stereocenters. The highest BCUT2D eigenvalue weighted by atomic mass is 16.1. The SMILES string of the molecule is O=CC[C@H]1CCCC(=O)C1. The average Bonchev–Trinajstić information content (AvgIpc) is 1.88. The van der Waals surface area contributed by atoms with Crippen molar-refractivity contribution in [3.05, 3.63) is 0 Å². The first kappa shape index (κ1) is 7.45. The smallest absolute Gasteiger partial charge is 0.133 e. The quantitative estimate of drug-likeness (QED) is 0.542. The van der Waals surface area contributed by atoms with Crippen LogP contribution >= 0.6 is 0 Å². The van der Waals surface area contributed by atoms with Crippen molar-refractivity contribution in [3.63, 3.8) is 0 Å². The Kier molecular flexibility index (Phi) is 2.60. The van der Waals surface area contributed by atoms with Gasteiger partial charge in [0.1, 0.15) is 12.1 Å². The van der Waals surface area contributed by atoms with E-state index in [1.165, 1.54) is 0 Å². The van der Waals surface area contributed by atoms with Gasteiger partial charge in [0.2, 0.25) is 0 Å². The Morgan fingerprint density at radius 3 is 3.00 bits per heavy atom. The van der Waals surface area contributed by atoms with Crippen molar-refractivity contribution >= 4 is 12.1 Å². The maximum absolute atomic E-state index is 10.8. The Hall–Kier alpha value is -0.660. The van der Waals surface area contributed by atoms with E-state index in [4.69, 9.17) is 0 Å². The summed E-state index contributed by atoms with van der Waals surface area (Å²) in [7, 11) is 0. The minimum Gasteiger partial charge on any atom is -0.303 e. The summed E-state index contributed by atoms with van der Waals surface area (Å²) in [6, 6.07) is 0. The number of rotatable bonds is 2. The van der Waals surface area contributed by atoms with E-state index in [0.29, 0.717) is 24.5 Å². The molecule has 0 aromatic carbocycles. The van der Waals surface area contributed by atoms with Gasteiger partial charge in [-0.1, -0.05) is 0 Å². The first-order valence-corrected chi connectivity index (χ1v) is 3.78. The Morgan fingerprint density at radius 1 is 1.60 bits per heavy atom. The number of hydrogen-bond donors (Lipinski definition) is 0. The topological polar surface area (TPSA) is 34.1 Å². The van der Waals surface area contributed by atoms with Crippen molar-refractivity contribution in [2.75, 3.05) is 0 Å². The van der Waals surface area contributed by atoms with Crippen molar-refractivity contribution in [1.82, 2.24) is 0 Å². The highest BCUT2D eigenvalue weighted by Gasteiger charge is 2.18. The van der Waals surface area contributed by atoms with Crippen molar-refractivity contribution in [2.45, 2.75) is 32.1 Å². The van der Waals surface area contributed by atoms with Gasteiger partial charge in [-0.2, -0.15) is 0 Å². The number of ketones is 1.